The second kappa shape index (κ2) is 6.84. The van der Waals surface area contributed by atoms with Gasteiger partial charge in [0.1, 0.15) is 12.4 Å². The van der Waals surface area contributed by atoms with Crippen LogP contribution in [0.4, 0.5) is 10.4 Å². The Morgan fingerprint density at radius 3 is 2.33 bits per heavy atom. The molecule has 0 aliphatic carbocycles. The van der Waals surface area contributed by atoms with Crippen molar-refractivity contribution in [1.82, 2.24) is 10.2 Å². The quantitative estimate of drug-likeness (QED) is 0.681. The Bertz CT molecular complexity index is 878. The highest BCUT2D eigenvalue weighted by atomic mass is 35.5. The van der Waals surface area contributed by atoms with Gasteiger partial charge in [-0.3, -0.25) is 0 Å². The van der Waals surface area contributed by atoms with E-state index in [9.17, 15) is 4.39 Å². The van der Waals surface area contributed by atoms with Crippen LogP contribution < -0.4 is 10.5 Å². The van der Waals surface area contributed by atoms with Crippen molar-refractivity contribution in [3.05, 3.63) is 56.8 Å². The Morgan fingerprint density at radius 1 is 1.04 bits per heavy atom. The number of anilines is 1. The van der Waals surface area contributed by atoms with Gasteiger partial charge in [0.15, 0.2) is 5.75 Å². The number of aromatic nitrogens is 2. The molecule has 0 aliphatic heterocycles. The van der Waals surface area contributed by atoms with Crippen molar-refractivity contribution in [3.63, 3.8) is 0 Å². The van der Waals surface area contributed by atoms with Crippen molar-refractivity contribution in [3.8, 4) is 17.2 Å². The SMILES string of the molecule is Nc1nnc(-c2cc(Cl)c(OCc3ccc(F)cc3Cl)c(Cl)c2)o1. The van der Waals surface area contributed by atoms with Crippen LogP contribution in [-0.2, 0) is 6.61 Å². The summed E-state index contributed by atoms with van der Waals surface area (Å²) in [6, 6.07) is 7.06. The average molecular weight is 389 g/mol. The number of hydrogen-bond donors (Lipinski definition) is 1. The molecule has 0 amide bonds. The number of ether oxygens (including phenoxy) is 1. The summed E-state index contributed by atoms with van der Waals surface area (Å²) in [7, 11) is 0. The van der Waals surface area contributed by atoms with Gasteiger partial charge in [0.05, 0.1) is 15.1 Å². The molecule has 5 nitrogen and oxygen atoms in total. The lowest BCUT2D eigenvalue weighted by atomic mass is 10.2. The zero-order valence-electron chi connectivity index (χ0n) is 11.9. The van der Waals surface area contributed by atoms with Gasteiger partial charge < -0.3 is 14.9 Å². The summed E-state index contributed by atoms with van der Waals surface area (Å²) in [4.78, 5) is 0. The fourth-order valence-corrected chi connectivity index (χ4v) is 2.78. The van der Waals surface area contributed by atoms with Gasteiger partial charge in [-0.1, -0.05) is 46.0 Å². The lowest BCUT2D eigenvalue weighted by molar-refractivity contribution is 0.306. The molecule has 2 N–H and O–H groups in total. The molecule has 0 fully saturated rings. The number of nitrogens with two attached hydrogens (primary N) is 1. The number of hydrogen-bond acceptors (Lipinski definition) is 5. The van der Waals surface area contributed by atoms with Crippen LogP contribution in [-0.4, -0.2) is 10.2 Å². The minimum atomic E-state index is -0.428. The van der Waals surface area contributed by atoms with Crippen LogP contribution in [0, 0.1) is 5.82 Å². The Hall–Kier alpha value is -2.02. The molecule has 0 spiro atoms. The first-order valence-corrected chi connectivity index (χ1v) is 7.72. The van der Waals surface area contributed by atoms with Crippen LogP contribution in [0.3, 0.4) is 0 Å². The van der Waals surface area contributed by atoms with Crippen LogP contribution in [0.25, 0.3) is 11.5 Å². The van der Waals surface area contributed by atoms with Crippen molar-refractivity contribution in [2.45, 2.75) is 6.61 Å². The molecule has 3 aromatic rings. The number of rotatable bonds is 4. The second-order valence-corrected chi connectivity index (χ2v) is 5.96. The fraction of sp³-hybridized carbons (Fsp3) is 0.0667. The van der Waals surface area contributed by atoms with Crippen molar-refractivity contribution in [1.29, 1.82) is 0 Å². The van der Waals surface area contributed by atoms with Crippen LogP contribution in [0.2, 0.25) is 15.1 Å². The number of halogens is 4. The topological polar surface area (TPSA) is 74.2 Å². The monoisotopic (exact) mass is 387 g/mol. The molecule has 1 heterocycles. The van der Waals surface area contributed by atoms with Gasteiger partial charge in [-0.25, -0.2) is 4.39 Å². The summed E-state index contributed by atoms with van der Waals surface area (Å²) in [5, 5.41) is 8.06. The molecule has 24 heavy (non-hydrogen) atoms. The molecule has 0 radical (unpaired) electrons. The van der Waals surface area contributed by atoms with Gasteiger partial charge in [-0.2, -0.15) is 0 Å². The highest BCUT2D eigenvalue weighted by Gasteiger charge is 2.15. The van der Waals surface area contributed by atoms with E-state index in [1.165, 1.54) is 18.2 Å². The molecular formula is C15H9Cl3FN3O2. The van der Waals surface area contributed by atoms with E-state index in [4.69, 9.17) is 49.7 Å². The largest absolute Gasteiger partial charge is 0.486 e. The van der Waals surface area contributed by atoms with E-state index >= 15 is 0 Å². The maximum absolute atomic E-state index is 13.1. The second-order valence-electron chi connectivity index (χ2n) is 4.74. The third kappa shape index (κ3) is 3.56. The van der Waals surface area contributed by atoms with Gasteiger partial charge in [0.25, 0.3) is 0 Å². The van der Waals surface area contributed by atoms with Crippen LogP contribution >= 0.6 is 34.8 Å². The van der Waals surface area contributed by atoms with Gasteiger partial charge in [0, 0.05) is 11.1 Å². The zero-order valence-corrected chi connectivity index (χ0v) is 14.2. The van der Waals surface area contributed by atoms with Crippen molar-refractivity contribution >= 4 is 40.8 Å². The van der Waals surface area contributed by atoms with Crippen LogP contribution in [0.15, 0.2) is 34.7 Å². The molecule has 0 atom stereocenters. The maximum Gasteiger partial charge on any atom is 0.313 e. The normalized spacial score (nSPS) is 10.8. The molecule has 124 valence electrons. The maximum atomic E-state index is 13.1. The fourth-order valence-electron chi connectivity index (χ4n) is 1.96. The summed E-state index contributed by atoms with van der Waals surface area (Å²) in [6.07, 6.45) is 0. The van der Waals surface area contributed by atoms with E-state index < -0.39 is 5.82 Å². The number of benzene rings is 2. The molecule has 0 saturated carbocycles. The first-order valence-electron chi connectivity index (χ1n) is 6.59. The molecule has 2 aromatic carbocycles. The van der Waals surface area contributed by atoms with Gasteiger partial charge in [-0.05, 0) is 24.3 Å². The van der Waals surface area contributed by atoms with E-state index in [-0.39, 0.29) is 39.3 Å². The molecule has 3 rings (SSSR count). The smallest absolute Gasteiger partial charge is 0.313 e. The molecule has 0 unspecified atom stereocenters. The molecule has 9 heteroatoms. The first kappa shape index (κ1) is 16.8. The number of nitrogen functional groups attached to an aromatic ring is 1. The number of nitrogens with zero attached hydrogens (tertiary/aromatic N) is 2. The van der Waals surface area contributed by atoms with E-state index in [2.05, 4.69) is 10.2 Å². The van der Waals surface area contributed by atoms with E-state index in [1.54, 1.807) is 12.1 Å². The average Bonchev–Trinajstić information content (AvgIpc) is 2.94. The van der Waals surface area contributed by atoms with E-state index in [1.807, 2.05) is 0 Å². The molecule has 1 aromatic heterocycles. The predicted octanol–water partition coefficient (Wildman–Crippen LogP) is 5.00. The van der Waals surface area contributed by atoms with E-state index in [0.29, 0.717) is 11.1 Å². The Kier molecular flexibility index (Phi) is 4.80. The zero-order chi connectivity index (χ0) is 17.3. The minimum absolute atomic E-state index is 0.0662. The van der Waals surface area contributed by atoms with Crippen molar-refractivity contribution in [2.75, 3.05) is 5.73 Å². The summed E-state index contributed by atoms with van der Waals surface area (Å²) >= 11 is 18.4. The lowest BCUT2D eigenvalue weighted by Gasteiger charge is -2.12. The summed E-state index contributed by atoms with van der Waals surface area (Å²) in [5.74, 6) is 0.0161. The highest BCUT2D eigenvalue weighted by Crippen LogP contribution is 2.38. The Balaban J connectivity index is 1.83. The molecular weight excluding hydrogens is 380 g/mol. The standard InChI is InChI=1S/C15H9Cl3FN3O2/c16-10-5-9(19)2-1-7(10)6-23-13-11(17)3-8(4-12(13)18)14-21-22-15(20)24-14/h1-5H,6H2,(H2,20,22). The third-order valence-corrected chi connectivity index (χ3v) is 3.99. The highest BCUT2D eigenvalue weighted by molar-refractivity contribution is 6.37. The van der Waals surface area contributed by atoms with Crippen LogP contribution in [0.5, 0.6) is 5.75 Å². The predicted molar refractivity (Wildman–Crippen MR) is 89.9 cm³/mol. The summed E-state index contributed by atoms with van der Waals surface area (Å²) in [5.41, 5.74) is 6.49. The summed E-state index contributed by atoms with van der Waals surface area (Å²) in [6.45, 7) is 0.0748. The van der Waals surface area contributed by atoms with Crippen molar-refractivity contribution < 1.29 is 13.5 Å². The van der Waals surface area contributed by atoms with E-state index in [0.717, 1.165) is 0 Å². The van der Waals surface area contributed by atoms with Gasteiger partial charge in [0.2, 0.25) is 5.89 Å². The Labute approximate surface area is 151 Å². The Morgan fingerprint density at radius 2 is 1.75 bits per heavy atom. The lowest BCUT2D eigenvalue weighted by Crippen LogP contribution is -1.98. The third-order valence-electron chi connectivity index (χ3n) is 3.07. The molecule has 0 saturated heterocycles. The van der Waals surface area contributed by atoms with Crippen molar-refractivity contribution in [2.24, 2.45) is 0 Å². The molecule has 0 aliphatic rings. The van der Waals surface area contributed by atoms with Gasteiger partial charge in [-0.15, -0.1) is 5.10 Å². The van der Waals surface area contributed by atoms with Crippen LogP contribution in [0.1, 0.15) is 5.56 Å². The summed E-state index contributed by atoms with van der Waals surface area (Å²) < 4.78 is 23.8. The van der Waals surface area contributed by atoms with Gasteiger partial charge >= 0.3 is 6.01 Å². The molecule has 0 bridgehead atoms. The first-order chi connectivity index (χ1) is 11.4. The minimum Gasteiger partial charge on any atom is -0.486 e.